The SMILES string of the molecule is Cc1ccc(Br)cc1NC(=O)CCN=C(N)N1CCCCCC1.I. The summed E-state index contributed by atoms with van der Waals surface area (Å²) in [5.74, 6) is 0.525. The predicted octanol–water partition coefficient (Wildman–Crippen LogP) is 3.89. The molecule has 0 aromatic heterocycles. The number of carbonyl (C=O) groups is 1. The van der Waals surface area contributed by atoms with Crippen LogP contribution in [0.15, 0.2) is 27.7 Å². The molecule has 1 aliphatic heterocycles. The summed E-state index contributed by atoms with van der Waals surface area (Å²) >= 11 is 3.41. The van der Waals surface area contributed by atoms with Crippen molar-refractivity contribution in [3.63, 3.8) is 0 Å². The Labute approximate surface area is 169 Å². The van der Waals surface area contributed by atoms with Gasteiger partial charge in [0.1, 0.15) is 0 Å². The van der Waals surface area contributed by atoms with Crippen LogP contribution in [0.1, 0.15) is 37.7 Å². The zero-order chi connectivity index (χ0) is 16.7. The number of hydrogen-bond donors (Lipinski definition) is 2. The van der Waals surface area contributed by atoms with Crippen molar-refractivity contribution in [2.24, 2.45) is 10.7 Å². The summed E-state index contributed by atoms with van der Waals surface area (Å²) in [5.41, 5.74) is 7.90. The molecule has 0 aliphatic carbocycles. The van der Waals surface area contributed by atoms with Crippen LogP contribution in [0.5, 0.6) is 0 Å². The molecule has 1 amide bonds. The molecule has 1 aliphatic rings. The minimum atomic E-state index is -0.0429. The lowest BCUT2D eigenvalue weighted by atomic mass is 10.2. The van der Waals surface area contributed by atoms with Crippen LogP contribution < -0.4 is 11.1 Å². The summed E-state index contributed by atoms with van der Waals surface area (Å²) in [4.78, 5) is 18.5. The fourth-order valence-corrected chi connectivity index (χ4v) is 2.97. The van der Waals surface area contributed by atoms with E-state index in [1.165, 1.54) is 25.7 Å². The fourth-order valence-electron chi connectivity index (χ4n) is 2.61. The van der Waals surface area contributed by atoms with Gasteiger partial charge in [0.2, 0.25) is 5.91 Å². The first-order valence-electron chi connectivity index (χ1n) is 8.17. The highest BCUT2D eigenvalue weighted by molar-refractivity contribution is 14.0. The number of aryl methyl sites for hydroxylation is 1. The van der Waals surface area contributed by atoms with Gasteiger partial charge >= 0.3 is 0 Å². The van der Waals surface area contributed by atoms with Crippen LogP contribution in [0.25, 0.3) is 0 Å². The van der Waals surface area contributed by atoms with E-state index in [0.717, 1.165) is 28.8 Å². The number of rotatable bonds is 4. The number of hydrogen-bond acceptors (Lipinski definition) is 2. The lowest BCUT2D eigenvalue weighted by Gasteiger charge is -2.21. The molecule has 0 radical (unpaired) electrons. The Bertz CT molecular complexity index is 572. The first kappa shape index (κ1) is 21.2. The molecular weight excluding hydrogens is 483 g/mol. The fraction of sp³-hybridized carbons (Fsp3) is 0.529. The summed E-state index contributed by atoms with van der Waals surface area (Å²) in [7, 11) is 0. The second kappa shape index (κ2) is 10.9. The van der Waals surface area contributed by atoms with E-state index in [4.69, 9.17) is 5.73 Å². The zero-order valence-electron chi connectivity index (χ0n) is 14.1. The molecule has 0 saturated carbocycles. The Morgan fingerprint density at radius 2 is 1.96 bits per heavy atom. The number of likely N-dealkylation sites (tertiary alicyclic amines) is 1. The number of amides is 1. The van der Waals surface area contributed by atoms with E-state index in [9.17, 15) is 4.79 Å². The number of benzene rings is 1. The second-order valence-electron chi connectivity index (χ2n) is 5.90. The second-order valence-corrected chi connectivity index (χ2v) is 6.81. The minimum absolute atomic E-state index is 0. The first-order chi connectivity index (χ1) is 11.1. The Hall–Kier alpha value is -0.830. The quantitative estimate of drug-likeness (QED) is 0.368. The van der Waals surface area contributed by atoms with Crippen LogP contribution >= 0.6 is 39.9 Å². The van der Waals surface area contributed by atoms with Crippen LogP contribution in [-0.2, 0) is 4.79 Å². The van der Waals surface area contributed by atoms with E-state index in [-0.39, 0.29) is 29.9 Å². The molecule has 2 rings (SSSR count). The van der Waals surface area contributed by atoms with Gasteiger partial charge in [-0.1, -0.05) is 34.8 Å². The Morgan fingerprint density at radius 3 is 2.62 bits per heavy atom. The predicted molar refractivity (Wildman–Crippen MR) is 114 cm³/mol. The summed E-state index contributed by atoms with van der Waals surface area (Å²) < 4.78 is 0.946. The van der Waals surface area contributed by atoms with E-state index >= 15 is 0 Å². The van der Waals surface area contributed by atoms with Crippen molar-refractivity contribution in [2.75, 3.05) is 25.0 Å². The van der Waals surface area contributed by atoms with Gasteiger partial charge in [-0.05, 0) is 37.5 Å². The Kier molecular flexibility index (Phi) is 9.65. The summed E-state index contributed by atoms with van der Waals surface area (Å²) in [6, 6.07) is 5.83. The van der Waals surface area contributed by atoms with Crippen molar-refractivity contribution >= 4 is 57.5 Å². The third-order valence-electron chi connectivity index (χ3n) is 4.02. The van der Waals surface area contributed by atoms with Crippen molar-refractivity contribution in [3.05, 3.63) is 28.2 Å². The standard InChI is InChI=1S/C17H25BrN4O.HI/c1-13-6-7-14(18)12-15(13)21-16(23)8-9-20-17(19)22-10-4-2-3-5-11-22;/h6-7,12H,2-5,8-11H2,1H3,(H2,19,20)(H,21,23);1H. The molecule has 0 atom stereocenters. The molecule has 0 spiro atoms. The van der Waals surface area contributed by atoms with Crippen molar-refractivity contribution in [3.8, 4) is 0 Å². The summed E-state index contributed by atoms with van der Waals surface area (Å²) in [6.45, 7) is 4.33. The molecule has 0 bridgehead atoms. The van der Waals surface area contributed by atoms with E-state index in [0.29, 0.717) is 18.9 Å². The monoisotopic (exact) mass is 508 g/mol. The highest BCUT2D eigenvalue weighted by atomic mass is 127. The minimum Gasteiger partial charge on any atom is -0.370 e. The molecule has 1 saturated heterocycles. The molecule has 1 aromatic rings. The number of aliphatic imine (C=N–C) groups is 1. The maximum Gasteiger partial charge on any atom is 0.226 e. The number of anilines is 1. The lowest BCUT2D eigenvalue weighted by Crippen LogP contribution is -2.38. The van der Waals surface area contributed by atoms with Crippen LogP contribution in [0.3, 0.4) is 0 Å². The van der Waals surface area contributed by atoms with Crippen molar-refractivity contribution in [1.82, 2.24) is 4.90 Å². The van der Waals surface area contributed by atoms with E-state index in [2.05, 4.69) is 31.1 Å². The molecule has 5 nitrogen and oxygen atoms in total. The van der Waals surface area contributed by atoms with Gasteiger partial charge < -0.3 is 16.0 Å². The van der Waals surface area contributed by atoms with Crippen LogP contribution in [0, 0.1) is 6.92 Å². The van der Waals surface area contributed by atoms with Gasteiger partial charge in [-0.2, -0.15) is 0 Å². The molecule has 134 valence electrons. The van der Waals surface area contributed by atoms with Gasteiger partial charge in [-0.15, -0.1) is 24.0 Å². The number of nitrogens with zero attached hydrogens (tertiary/aromatic N) is 2. The number of guanidine groups is 1. The summed E-state index contributed by atoms with van der Waals surface area (Å²) in [6.07, 6.45) is 5.19. The number of nitrogens with one attached hydrogen (secondary N) is 1. The van der Waals surface area contributed by atoms with Crippen molar-refractivity contribution < 1.29 is 4.79 Å². The lowest BCUT2D eigenvalue weighted by molar-refractivity contribution is -0.116. The van der Waals surface area contributed by atoms with Gasteiger partial charge in [-0.25, -0.2) is 0 Å². The molecule has 7 heteroatoms. The topological polar surface area (TPSA) is 70.7 Å². The number of nitrogens with two attached hydrogens (primary N) is 1. The third-order valence-corrected chi connectivity index (χ3v) is 4.51. The van der Waals surface area contributed by atoms with Gasteiger partial charge in [0.05, 0.1) is 6.54 Å². The van der Waals surface area contributed by atoms with Crippen LogP contribution in [0.4, 0.5) is 5.69 Å². The maximum absolute atomic E-state index is 12.0. The van der Waals surface area contributed by atoms with Gasteiger partial charge in [0, 0.05) is 29.7 Å². The van der Waals surface area contributed by atoms with E-state index in [1.807, 2.05) is 25.1 Å². The molecule has 3 N–H and O–H groups in total. The Morgan fingerprint density at radius 1 is 1.29 bits per heavy atom. The average Bonchev–Trinajstić information content (AvgIpc) is 2.80. The van der Waals surface area contributed by atoms with Gasteiger partial charge in [0.15, 0.2) is 5.96 Å². The normalized spacial score (nSPS) is 15.4. The Balaban J connectivity index is 0.00000288. The van der Waals surface area contributed by atoms with E-state index < -0.39 is 0 Å². The van der Waals surface area contributed by atoms with Crippen molar-refractivity contribution in [2.45, 2.75) is 39.0 Å². The highest BCUT2D eigenvalue weighted by Gasteiger charge is 2.11. The highest BCUT2D eigenvalue weighted by Crippen LogP contribution is 2.20. The van der Waals surface area contributed by atoms with Crippen LogP contribution in [0.2, 0.25) is 0 Å². The molecule has 1 heterocycles. The van der Waals surface area contributed by atoms with Crippen LogP contribution in [-0.4, -0.2) is 36.4 Å². The molecule has 24 heavy (non-hydrogen) atoms. The largest absolute Gasteiger partial charge is 0.370 e. The molecule has 0 unspecified atom stereocenters. The van der Waals surface area contributed by atoms with E-state index in [1.54, 1.807) is 0 Å². The number of halogens is 2. The zero-order valence-corrected chi connectivity index (χ0v) is 18.0. The number of carbonyl (C=O) groups excluding carboxylic acids is 1. The first-order valence-corrected chi connectivity index (χ1v) is 8.96. The third kappa shape index (κ3) is 6.96. The molecule has 1 fully saturated rings. The van der Waals surface area contributed by atoms with Gasteiger partial charge in [0.25, 0.3) is 0 Å². The summed E-state index contributed by atoms with van der Waals surface area (Å²) in [5, 5.41) is 2.92. The average molecular weight is 509 g/mol. The molecule has 1 aromatic carbocycles. The maximum atomic E-state index is 12.0. The molecular formula is C17H26BrIN4O. The smallest absolute Gasteiger partial charge is 0.226 e. The van der Waals surface area contributed by atoms with Gasteiger partial charge in [-0.3, -0.25) is 9.79 Å². The van der Waals surface area contributed by atoms with Crippen molar-refractivity contribution in [1.29, 1.82) is 0 Å².